The Morgan fingerprint density at radius 2 is 1.06 bits per heavy atom. The lowest BCUT2D eigenvalue weighted by atomic mass is 10.1. The first-order valence-corrected chi connectivity index (χ1v) is 21.7. The van der Waals surface area contributed by atoms with E-state index in [2.05, 4.69) is 50.3 Å². The highest BCUT2D eigenvalue weighted by Crippen LogP contribution is 2.43. The summed E-state index contributed by atoms with van der Waals surface area (Å²) in [5, 5.41) is 0. The average molecular weight is 743 g/mol. The van der Waals surface area contributed by atoms with E-state index in [1.165, 1.54) is 51.4 Å². The number of phosphoric ester groups is 1. The van der Waals surface area contributed by atoms with E-state index in [-0.39, 0.29) is 32.0 Å². The molecule has 0 aromatic rings. The van der Waals surface area contributed by atoms with Gasteiger partial charge in [-0.3, -0.25) is 18.6 Å². The fourth-order valence-corrected chi connectivity index (χ4v) is 5.90. The molecule has 0 spiro atoms. The number of hydrogen-bond acceptors (Lipinski definition) is 7. The minimum absolute atomic E-state index is 0.0271. The molecular formula is C41H77NO8P+. The van der Waals surface area contributed by atoms with E-state index >= 15 is 0 Å². The lowest BCUT2D eigenvalue weighted by Gasteiger charge is -2.24. The number of likely N-dealkylation sites (N-methyl/N-ethyl adjacent to an activating group) is 1. The summed E-state index contributed by atoms with van der Waals surface area (Å²) in [4.78, 5) is 35.2. The minimum Gasteiger partial charge on any atom is -0.462 e. The van der Waals surface area contributed by atoms with Crippen molar-refractivity contribution in [2.24, 2.45) is 0 Å². The van der Waals surface area contributed by atoms with Crippen LogP contribution < -0.4 is 0 Å². The zero-order valence-electron chi connectivity index (χ0n) is 33.3. The SMILES string of the molecule is CCCCC/C=C\C/C=C\CCCCCCCC(=O)OC(COC(=O)CCCCCCC/C=C\CCCCC)COP(=O)(O)OCC[N+](C)(C)C. The van der Waals surface area contributed by atoms with Gasteiger partial charge in [-0.05, 0) is 70.6 Å². The Morgan fingerprint density at radius 3 is 1.57 bits per heavy atom. The van der Waals surface area contributed by atoms with Crippen LogP contribution in [0, 0.1) is 0 Å². The average Bonchev–Trinajstić information content (AvgIpc) is 3.07. The van der Waals surface area contributed by atoms with E-state index in [1.54, 1.807) is 0 Å². The number of hydrogen-bond donors (Lipinski definition) is 1. The Morgan fingerprint density at radius 1 is 0.608 bits per heavy atom. The molecule has 0 saturated carbocycles. The third-order valence-corrected chi connectivity index (χ3v) is 9.38. The van der Waals surface area contributed by atoms with E-state index in [9.17, 15) is 19.0 Å². The van der Waals surface area contributed by atoms with E-state index in [4.69, 9.17) is 18.5 Å². The van der Waals surface area contributed by atoms with Gasteiger partial charge in [0.25, 0.3) is 0 Å². The third kappa shape index (κ3) is 37.8. The molecule has 0 aliphatic rings. The van der Waals surface area contributed by atoms with Crippen molar-refractivity contribution < 1.29 is 42.1 Å². The number of phosphoric acid groups is 1. The Kier molecular flexibility index (Phi) is 32.8. The number of esters is 2. The summed E-state index contributed by atoms with van der Waals surface area (Å²) in [7, 11) is 1.46. The topological polar surface area (TPSA) is 108 Å². The molecule has 0 heterocycles. The Bertz CT molecular complexity index is 975. The molecule has 0 fully saturated rings. The van der Waals surface area contributed by atoms with E-state index in [1.807, 2.05) is 21.1 Å². The van der Waals surface area contributed by atoms with Gasteiger partial charge < -0.3 is 18.9 Å². The van der Waals surface area contributed by atoms with Crippen LogP contribution in [0.4, 0.5) is 0 Å². The summed E-state index contributed by atoms with van der Waals surface area (Å²) < 4.78 is 34.2. The molecule has 0 bridgehead atoms. The first-order chi connectivity index (χ1) is 24.5. The number of ether oxygens (including phenoxy) is 2. The molecule has 2 atom stereocenters. The van der Waals surface area contributed by atoms with Crippen LogP contribution >= 0.6 is 7.82 Å². The van der Waals surface area contributed by atoms with Gasteiger partial charge in [-0.15, -0.1) is 0 Å². The molecule has 0 aromatic heterocycles. The fourth-order valence-electron chi connectivity index (χ4n) is 5.15. The molecule has 2 unspecified atom stereocenters. The summed E-state index contributed by atoms with van der Waals surface area (Å²) in [6, 6.07) is 0. The molecule has 0 amide bonds. The zero-order chi connectivity index (χ0) is 37.9. The van der Waals surface area contributed by atoms with Crippen LogP contribution in [0.1, 0.15) is 162 Å². The van der Waals surface area contributed by atoms with Gasteiger partial charge in [0.05, 0.1) is 27.7 Å². The molecule has 0 saturated heterocycles. The summed E-state index contributed by atoms with van der Waals surface area (Å²) in [6.45, 7) is 4.33. The van der Waals surface area contributed by atoms with Crippen molar-refractivity contribution in [3.63, 3.8) is 0 Å². The fraction of sp³-hybridized carbons (Fsp3) is 0.805. The maximum atomic E-state index is 12.6. The molecular weight excluding hydrogens is 665 g/mol. The second kappa shape index (κ2) is 34.0. The smallest absolute Gasteiger partial charge is 0.462 e. The van der Waals surface area contributed by atoms with Gasteiger partial charge in [-0.2, -0.15) is 0 Å². The van der Waals surface area contributed by atoms with Crippen LogP contribution in [0.3, 0.4) is 0 Å². The van der Waals surface area contributed by atoms with Gasteiger partial charge in [0.15, 0.2) is 6.10 Å². The highest BCUT2D eigenvalue weighted by molar-refractivity contribution is 7.47. The van der Waals surface area contributed by atoms with E-state index < -0.39 is 26.5 Å². The first-order valence-electron chi connectivity index (χ1n) is 20.2. The van der Waals surface area contributed by atoms with Crippen molar-refractivity contribution in [2.45, 2.75) is 168 Å². The number of quaternary nitrogens is 1. The highest BCUT2D eigenvalue weighted by atomic mass is 31.2. The molecule has 51 heavy (non-hydrogen) atoms. The molecule has 298 valence electrons. The maximum Gasteiger partial charge on any atom is 0.472 e. The number of carbonyl (C=O) groups excluding carboxylic acids is 2. The van der Waals surface area contributed by atoms with Crippen LogP contribution in [0.5, 0.6) is 0 Å². The second-order valence-corrected chi connectivity index (χ2v) is 16.1. The van der Waals surface area contributed by atoms with Crippen molar-refractivity contribution in [3.8, 4) is 0 Å². The van der Waals surface area contributed by atoms with Crippen LogP contribution in [-0.2, 0) is 32.7 Å². The summed E-state index contributed by atoms with van der Waals surface area (Å²) in [5.41, 5.74) is 0. The monoisotopic (exact) mass is 743 g/mol. The number of unbranched alkanes of at least 4 members (excludes halogenated alkanes) is 16. The molecule has 9 nitrogen and oxygen atoms in total. The molecule has 0 aliphatic carbocycles. The summed E-state index contributed by atoms with van der Waals surface area (Å²) in [6.07, 6.45) is 36.1. The van der Waals surface area contributed by atoms with Gasteiger partial charge in [0.1, 0.15) is 19.8 Å². The van der Waals surface area contributed by atoms with Crippen molar-refractivity contribution in [1.29, 1.82) is 0 Å². The van der Waals surface area contributed by atoms with Gasteiger partial charge in [-0.25, -0.2) is 4.57 Å². The number of nitrogens with zero attached hydrogens (tertiary/aromatic N) is 1. The minimum atomic E-state index is -4.37. The molecule has 0 rings (SSSR count). The van der Waals surface area contributed by atoms with Gasteiger partial charge in [-0.1, -0.05) is 115 Å². The standard InChI is InChI=1S/C41H76NO8P/c1-6-8-10-12-14-16-18-20-21-22-24-26-28-30-32-34-41(44)50-39(38-49-51(45,46)48-36-35-42(3,4)5)37-47-40(43)33-31-29-27-25-23-19-17-15-13-11-9-7-2/h14-17,20-21,39H,6-13,18-19,22-38H2,1-5H3/p+1/b16-14-,17-15-,21-20-. The van der Waals surface area contributed by atoms with Crippen molar-refractivity contribution >= 4 is 19.8 Å². The largest absolute Gasteiger partial charge is 0.472 e. The van der Waals surface area contributed by atoms with Crippen molar-refractivity contribution in [3.05, 3.63) is 36.5 Å². The van der Waals surface area contributed by atoms with Crippen LogP contribution in [0.2, 0.25) is 0 Å². The van der Waals surface area contributed by atoms with Gasteiger partial charge >= 0.3 is 19.8 Å². The zero-order valence-corrected chi connectivity index (χ0v) is 34.2. The first kappa shape index (κ1) is 49.2. The Labute approximate surface area is 312 Å². The molecule has 0 aromatic carbocycles. The predicted molar refractivity (Wildman–Crippen MR) is 210 cm³/mol. The van der Waals surface area contributed by atoms with Crippen molar-refractivity contribution in [1.82, 2.24) is 0 Å². The summed E-state index contributed by atoms with van der Waals surface area (Å²) in [5.74, 6) is -0.828. The molecule has 0 aliphatic heterocycles. The van der Waals surface area contributed by atoms with E-state index in [0.29, 0.717) is 17.4 Å². The number of allylic oxidation sites excluding steroid dienone is 6. The van der Waals surface area contributed by atoms with Crippen LogP contribution in [-0.4, -0.2) is 74.9 Å². The second-order valence-electron chi connectivity index (χ2n) is 14.7. The molecule has 10 heteroatoms. The third-order valence-electron chi connectivity index (χ3n) is 8.39. The lowest BCUT2D eigenvalue weighted by molar-refractivity contribution is -0.870. The van der Waals surface area contributed by atoms with Crippen molar-refractivity contribution in [2.75, 3.05) is 47.5 Å². The van der Waals surface area contributed by atoms with E-state index in [0.717, 1.165) is 77.0 Å². The number of rotatable bonds is 36. The van der Waals surface area contributed by atoms with Crippen LogP contribution in [0.25, 0.3) is 0 Å². The molecule has 0 radical (unpaired) electrons. The predicted octanol–water partition coefficient (Wildman–Crippen LogP) is 11.0. The van der Waals surface area contributed by atoms with Gasteiger partial charge in [0, 0.05) is 12.8 Å². The lowest BCUT2D eigenvalue weighted by Crippen LogP contribution is -2.37. The Hall–Kier alpha value is -1.77. The van der Waals surface area contributed by atoms with Crippen LogP contribution in [0.15, 0.2) is 36.5 Å². The molecule has 1 N–H and O–H groups in total. The maximum absolute atomic E-state index is 12.6. The normalized spacial score (nSPS) is 14.1. The Balaban J connectivity index is 4.46. The quantitative estimate of drug-likeness (QED) is 0.0222. The highest BCUT2D eigenvalue weighted by Gasteiger charge is 2.27. The summed E-state index contributed by atoms with van der Waals surface area (Å²) >= 11 is 0. The van der Waals surface area contributed by atoms with Gasteiger partial charge in [0.2, 0.25) is 0 Å². The number of carbonyl (C=O) groups is 2.